The van der Waals surface area contributed by atoms with Crippen LogP contribution in [0.5, 0.6) is 5.75 Å². The fourth-order valence-corrected chi connectivity index (χ4v) is 2.56. The van der Waals surface area contributed by atoms with Crippen LogP contribution in [0.25, 0.3) is 0 Å². The summed E-state index contributed by atoms with van der Waals surface area (Å²) < 4.78 is 5.93. The molecule has 2 rings (SSSR count). The second kappa shape index (κ2) is 6.72. The maximum absolute atomic E-state index is 12.4. The molecule has 0 saturated heterocycles. The predicted octanol–water partition coefficient (Wildman–Crippen LogP) is 3.43. The molecule has 1 aromatic heterocycles. The van der Waals surface area contributed by atoms with Crippen LogP contribution in [0.1, 0.15) is 21.7 Å². The van der Waals surface area contributed by atoms with E-state index in [-0.39, 0.29) is 5.91 Å². The van der Waals surface area contributed by atoms with Gasteiger partial charge in [0, 0.05) is 18.3 Å². The van der Waals surface area contributed by atoms with Crippen molar-refractivity contribution in [3.05, 3.63) is 57.8 Å². The fourth-order valence-electron chi connectivity index (χ4n) is 2.02. The van der Waals surface area contributed by atoms with Crippen LogP contribution in [0, 0.1) is 6.92 Å². The zero-order valence-corrected chi connectivity index (χ0v) is 13.8. The van der Waals surface area contributed by atoms with Gasteiger partial charge in [-0.1, -0.05) is 6.07 Å². The molecule has 110 valence electrons. The van der Waals surface area contributed by atoms with Gasteiger partial charge in [-0.3, -0.25) is 9.78 Å². The highest BCUT2D eigenvalue weighted by Gasteiger charge is 2.14. The van der Waals surface area contributed by atoms with Crippen LogP contribution < -0.4 is 4.74 Å². The number of hydrogen-bond acceptors (Lipinski definition) is 3. The van der Waals surface area contributed by atoms with Gasteiger partial charge in [0.15, 0.2) is 0 Å². The summed E-state index contributed by atoms with van der Waals surface area (Å²) in [5.74, 6) is 0.649. The third-order valence-electron chi connectivity index (χ3n) is 3.09. The van der Waals surface area contributed by atoms with Crippen LogP contribution in [0.4, 0.5) is 0 Å². The van der Waals surface area contributed by atoms with E-state index < -0.39 is 0 Å². The number of amides is 1. The third-order valence-corrected chi connectivity index (χ3v) is 3.71. The summed E-state index contributed by atoms with van der Waals surface area (Å²) >= 11 is 3.39. The Labute approximate surface area is 132 Å². The molecule has 2 aromatic rings. The molecule has 0 unspecified atom stereocenters. The SMILES string of the molecule is COc1ccc(C(=O)N(C)Cc2cccc(C)n2)cc1Br. The van der Waals surface area contributed by atoms with E-state index >= 15 is 0 Å². The van der Waals surface area contributed by atoms with Gasteiger partial charge >= 0.3 is 0 Å². The van der Waals surface area contributed by atoms with Gasteiger partial charge in [0.05, 0.1) is 23.8 Å². The maximum Gasteiger partial charge on any atom is 0.253 e. The van der Waals surface area contributed by atoms with E-state index in [9.17, 15) is 4.79 Å². The minimum atomic E-state index is -0.0540. The Morgan fingerprint density at radius 2 is 2.10 bits per heavy atom. The van der Waals surface area contributed by atoms with Crippen molar-refractivity contribution in [2.24, 2.45) is 0 Å². The molecule has 1 amide bonds. The number of ether oxygens (including phenoxy) is 1. The number of methoxy groups -OCH3 is 1. The number of benzene rings is 1. The summed E-state index contributed by atoms with van der Waals surface area (Å²) in [7, 11) is 3.36. The number of carbonyl (C=O) groups is 1. The van der Waals surface area contributed by atoms with Crippen molar-refractivity contribution in [3.63, 3.8) is 0 Å². The topological polar surface area (TPSA) is 42.4 Å². The molecule has 0 aliphatic carbocycles. The molecule has 0 bridgehead atoms. The van der Waals surface area contributed by atoms with E-state index in [0.29, 0.717) is 17.9 Å². The molecule has 0 N–H and O–H groups in total. The normalized spacial score (nSPS) is 10.3. The minimum absolute atomic E-state index is 0.0540. The van der Waals surface area contributed by atoms with Crippen molar-refractivity contribution in [2.45, 2.75) is 13.5 Å². The predicted molar refractivity (Wildman–Crippen MR) is 85.5 cm³/mol. The number of halogens is 1. The number of carbonyl (C=O) groups excluding carboxylic acids is 1. The first-order valence-corrected chi connectivity index (χ1v) is 7.32. The lowest BCUT2D eigenvalue weighted by molar-refractivity contribution is 0.0783. The van der Waals surface area contributed by atoms with E-state index in [4.69, 9.17) is 4.74 Å². The quantitative estimate of drug-likeness (QED) is 0.849. The average molecular weight is 349 g/mol. The Morgan fingerprint density at radius 3 is 2.71 bits per heavy atom. The lowest BCUT2D eigenvalue weighted by Gasteiger charge is -2.17. The van der Waals surface area contributed by atoms with E-state index in [1.165, 1.54) is 0 Å². The van der Waals surface area contributed by atoms with Crippen LogP contribution in [-0.4, -0.2) is 29.9 Å². The highest BCUT2D eigenvalue weighted by molar-refractivity contribution is 9.10. The molecule has 0 radical (unpaired) electrons. The Hall–Kier alpha value is -1.88. The molecule has 0 spiro atoms. The summed E-state index contributed by atoms with van der Waals surface area (Å²) in [4.78, 5) is 18.5. The number of nitrogens with zero attached hydrogens (tertiary/aromatic N) is 2. The number of pyridine rings is 1. The summed E-state index contributed by atoms with van der Waals surface area (Å²) in [6.07, 6.45) is 0. The summed E-state index contributed by atoms with van der Waals surface area (Å²) in [5.41, 5.74) is 2.43. The lowest BCUT2D eigenvalue weighted by Crippen LogP contribution is -2.26. The molecular formula is C16H17BrN2O2. The van der Waals surface area contributed by atoms with Crippen LogP contribution in [0.15, 0.2) is 40.9 Å². The van der Waals surface area contributed by atoms with Crippen LogP contribution in [0.3, 0.4) is 0 Å². The van der Waals surface area contributed by atoms with Crippen molar-refractivity contribution in [1.82, 2.24) is 9.88 Å². The summed E-state index contributed by atoms with van der Waals surface area (Å²) in [6.45, 7) is 2.41. The molecular weight excluding hydrogens is 332 g/mol. The number of hydrogen-bond donors (Lipinski definition) is 0. The number of aromatic nitrogens is 1. The van der Waals surface area contributed by atoms with Gasteiger partial charge in [0.2, 0.25) is 0 Å². The Kier molecular flexibility index (Phi) is 4.96. The number of rotatable bonds is 4. The monoisotopic (exact) mass is 348 g/mol. The van der Waals surface area contributed by atoms with Gasteiger partial charge in [0.1, 0.15) is 5.75 Å². The van der Waals surface area contributed by atoms with Crippen LogP contribution >= 0.6 is 15.9 Å². The fraction of sp³-hybridized carbons (Fsp3) is 0.250. The Balaban J connectivity index is 2.14. The van der Waals surface area contributed by atoms with Gasteiger partial charge in [-0.05, 0) is 53.2 Å². The van der Waals surface area contributed by atoms with Crippen LogP contribution in [-0.2, 0) is 6.54 Å². The van der Waals surface area contributed by atoms with Crippen molar-refractivity contribution < 1.29 is 9.53 Å². The first-order chi connectivity index (χ1) is 10.0. The smallest absolute Gasteiger partial charge is 0.253 e. The maximum atomic E-state index is 12.4. The molecule has 0 saturated carbocycles. The van der Waals surface area contributed by atoms with E-state index in [0.717, 1.165) is 15.9 Å². The van der Waals surface area contributed by atoms with Crippen molar-refractivity contribution in [1.29, 1.82) is 0 Å². The summed E-state index contributed by atoms with van der Waals surface area (Å²) in [5, 5.41) is 0. The van der Waals surface area contributed by atoms with Gasteiger partial charge < -0.3 is 9.64 Å². The first kappa shape index (κ1) is 15.5. The molecule has 5 heteroatoms. The van der Waals surface area contributed by atoms with Gasteiger partial charge in [0.25, 0.3) is 5.91 Å². The van der Waals surface area contributed by atoms with Gasteiger partial charge in [-0.2, -0.15) is 0 Å². The van der Waals surface area contributed by atoms with Crippen molar-refractivity contribution >= 4 is 21.8 Å². The van der Waals surface area contributed by atoms with Crippen molar-refractivity contribution in [3.8, 4) is 5.75 Å². The molecule has 0 fully saturated rings. The second-order valence-electron chi connectivity index (χ2n) is 4.78. The summed E-state index contributed by atoms with van der Waals surface area (Å²) in [6, 6.07) is 11.1. The molecule has 1 heterocycles. The van der Waals surface area contributed by atoms with E-state index in [1.807, 2.05) is 25.1 Å². The highest BCUT2D eigenvalue weighted by Crippen LogP contribution is 2.26. The van der Waals surface area contributed by atoms with Gasteiger partial charge in [-0.25, -0.2) is 0 Å². The number of aryl methyl sites for hydroxylation is 1. The molecule has 1 aromatic carbocycles. The van der Waals surface area contributed by atoms with Gasteiger partial charge in [-0.15, -0.1) is 0 Å². The van der Waals surface area contributed by atoms with Crippen LogP contribution in [0.2, 0.25) is 0 Å². The zero-order valence-electron chi connectivity index (χ0n) is 12.3. The standard InChI is InChI=1S/C16H17BrN2O2/c1-11-5-4-6-13(18-11)10-19(2)16(20)12-7-8-15(21-3)14(17)9-12/h4-9H,10H2,1-3H3. The Morgan fingerprint density at radius 1 is 1.33 bits per heavy atom. The second-order valence-corrected chi connectivity index (χ2v) is 5.64. The highest BCUT2D eigenvalue weighted by atomic mass is 79.9. The average Bonchev–Trinajstić information content (AvgIpc) is 2.46. The lowest BCUT2D eigenvalue weighted by atomic mass is 10.2. The Bertz CT molecular complexity index is 658. The molecule has 0 aliphatic heterocycles. The molecule has 4 nitrogen and oxygen atoms in total. The van der Waals surface area contributed by atoms with Crippen molar-refractivity contribution in [2.75, 3.05) is 14.2 Å². The largest absolute Gasteiger partial charge is 0.496 e. The molecule has 0 atom stereocenters. The molecule has 21 heavy (non-hydrogen) atoms. The van der Waals surface area contributed by atoms with E-state index in [2.05, 4.69) is 20.9 Å². The third kappa shape index (κ3) is 3.82. The molecule has 0 aliphatic rings. The minimum Gasteiger partial charge on any atom is -0.496 e. The zero-order chi connectivity index (χ0) is 15.4. The van der Waals surface area contributed by atoms with E-state index in [1.54, 1.807) is 37.3 Å². The first-order valence-electron chi connectivity index (χ1n) is 6.53.